The van der Waals surface area contributed by atoms with E-state index in [1.165, 1.54) is 28.8 Å². The summed E-state index contributed by atoms with van der Waals surface area (Å²) in [6.45, 7) is 4.88. The Hall–Kier alpha value is -5.76. The van der Waals surface area contributed by atoms with E-state index in [1.807, 2.05) is 21.3 Å². The molecule has 8 rings (SSSR count). The van der Waals surface area contributed by atoms with Crippen molar-refractivity contribution in [1.29, 1.82) is 0 Å². The lowest BCUT2D eigenvalue weighted by Crippen LogP contribution is -2.63. The monoisotopic (exact) mass is 958 g/mol. The first-order chi connectivity index (χ1) is 32.4. The van der Waals surface area contributed by atoms with Gasteiger partial charge >= 0.3 is 11.9 Å². The van der Waals surface area contributed by atoms with Crippen LogP contribution in [-0.2, 0) is 25.5 Å². The molecule has 3 aliphatic carbocycles. The summed E-state index contributed by atoms with van der Waals surface area (Å²) in [5.74, 6) is -8.44. The number of ketones is 2. The third-order valence-electron chi connectivity index (χ3n) is 14.1. The molecule has 1 amide bonds. The molecule has 1 fully saturated rings. The smallest absolute Gasteiger partial charge is 0.344 e. The first-order valence-electron chi connectivity index (χ1n) is 23.3. The van der Waals surface area contributed by atoms with Crippen LogP contribution in [0.25, 0.3) is 10.9 Å². The number of benzene rings is 2. The molecule has 1 unspecified atom stereocenters. The lowest BCUT2D eigenvalue weighted by molar-refractivity contribution is -0.148. The fourth-order valence-corrected chi connectivity index (χ4v) is 11.9. The number of likely N-dealkylation sites (N-methyl/N-ethyl adjacent to an activating group) is 1. The molecule has 1 saturated heterocycles. The molecule has 3 aromatic rings. The zero-order valence-electron chi connectivity index (χ0n) is 39.0. The number of rotatable bonds is 16. The van der Waals surface area contributed by atoms with Gasteiger partial charge in [0.2, 0.25) is 11.2 Å². The Morgan fingerprint density at radius 2 is 1.66 bits per heavy atom. The molecule has 0 radical (unpaired) electrons. The molecule has 5 atom stereocenters. The molecular formula is C49H59FN6O11S. The van der Waals surface area contributed by atoms with Gasteiger partial charge in [0.05, 0.1) is 39.8 Å². The fourth-order valence-electron chi connectivity index (χ4n) is 10.8. The lowest BCUT2D eigenvalue weighted by Gasteiger charge is -2.50. The first-order valence-corrected chi connectivity index (χ1v) is 24.2. The number of allylic oxidation sites excluding steroid dienone is 1. The Bertz CT molecular complexity index is 2730. The van der Waals surface area contributed by atoms with E-state index < -0.39 is 81.2 Å². The highest BCUT2D eigenvalue weighted by Gasteiger charge is 2.63. The quantitative estimate of drug-likeness (QED) is 0.0559. The van der Waals surface area contributed by atoms with Gasteiger partial charge < -0.3 is 50.2 Å². The van der Waals surface area contributed by atoms with Crippen molar-refractivity contribution in [3.8, 4) is 5.75 Å². The number of unbranched alkanes of at least 4 members (excludes halogenated alkanes) is 6. The maximum Gasteiger partial charge on any atom is 0.344 e. The second-order valence-electron chi connectivity index (χ2n) is 18.8. The average Bonchev–Trinajstić information content (AvgIpc) is 3.28. The van der Waals surface area contributed by atoms with Gasteiger partial charge in [0.25, 0.3) is 5.91 Å². The minimum absolute atomic E-state index is 0.00626. The van der Waals surface area contributed by atoms with Crippen molar-refractivity contribution in [3.63, 3.8) is 0 Å². The Morgan fingerprint density at radius 3 is 2.31 bits per heavy atom. The van der Waals surface area contributed by atoms with E-state index in [9.17, 15) is 44.1 Å². The number of esters is 2. The van der Waals surface area contributed by atoms with Crippen LogP contribution in [0, 0.1) is 17.7 Å². The SMILES string of the molecule is CC1Sc2c(C(=O)OCCCCCCCCCC(=O)Oc3ccc(N(C)C)c4c3C(=O)C3=C(O)[C@@]5(O)C(=O)C(C(N)=O)=C(O)[C@H](N(C)C)[C@H]5C[C@H]3C4)c(=O)c3cc(F)c(N4CCNCC4)cc3n21. The molecule has 364 valence electrons. The number of Topliss-reactive ketones (excluding diaryl/α,β-unsaturated/α-hetero) is 2. The molecule has 68 heavy (non-hydrogen) atoms. The van der Waals surface area contributed by atoms with Gasteiger partial charge in [-0.25, -0.2) is 9.18 Å². The number of amides is 1. The van der Waals surface area contributed by atoms with Crippen molar-refractivity contribution in [3.05, 3.63) is 79.7 Å². The van der Waals surface area contributed by atoms with E-state index in [-0.39, 0.29) is 59.1 Å². The molecule has 0 bridgehead atoms. The molecule has 17 nitrogen and oxygen atoms in total. The number of nitrogens with zero attached hydrogens (tertiary/aromatic N) is 4. The molecule has 19 heteroatoms. The van der Waals surface area contributed by atoms with Crippen LogP contribution in [0.3, 0.4) is 0 Å². The number of nitrogens with one attached hydrogen (secondary N) is 1. The lowest BCUT2D eigenvalue weighted by atomic mass is 9.58. The standard InChI is InChI=1S/C49H59FN6O11S/c1-25-56-32-24-33(55-18-16-52-17-19-55)30(50)23-28(32)41(58)39(47(56)68-25)48(64)66-20-12-10-8-6-7-9-11-13-35(57)67-34-15-14-31(53(2)3)27-21-26-22-29-40(54(4)5)43(60)38(46(51)63)45(62)49(29,65)44(61)36(26)42(59)37(27)34/h14-15,23-26,29,40,52,60-61,65H,6-13,16-22H2,1-5H3,(H2,51,63)/t25?,26-,29-,40-,49-/m1/s1. The van der Waals surface area contributed by atoms with Gasteiger partial charge in [-0.15, -0.1) is 0 Å². The van der Waals surface area contributed by atoms with E-state index in [4.69, 9.17) is 15.2 Å². The summed E-state index contributed by atoms with van der Waals surface area (Å²) in [6.07, 6.45) is 5.41. The van der Waals surface area contributed by atoms with Crippen LogP contribution < -0.4 is 31.0 Å². The zero-order chi connectivity index (χ0) is 48.9. The predicted octanol–water partition coefficient (Wildman–Crippen LogP) is 4.85. The number of aliphatic hydroxyl groups is 3. The number of hydrogen-bond acceptors (Lipinski definition) is 16. The highest BCUT2D eigenvalue weighted by molar-refractivity contribution is 8.00. The summed E-state index contributed by atoms with van der Waals surface area (Å²) in [5, 5.41) is 38.7. The highest BCUT2D eigenvalue weighted by atomic mass is 32.2. The van der Waals surface area contributed by atoms with Crippen LogP contribution in [0.2, 0.25) is 0 Å². The molecule has 0 saturated carbocycles. The molecule has 3 heterocycles. The van der Waals surface area contributed by atoms with Crippen molar-refractivity contribution >= 4 is 63.5 Å². The second kappa shape index (κ2) is 19.3. The predicted molar refractivity (Wildman–Crippen MR) is 253 cm³/mol. The summed E-state index contributed by atoms with van der Waals surface area (Å²) in [6, 6.07) is 5.13. The van der Waals surface area contributed by atoms with Crippen LogP contribution in [0.5, 0.6) is 5.75 Å². The van der Waals surface area contributed by atoms with Crippen molar-refractivity contribution < 1.29 is 53.2 Å². The number of primary amides is 1. The minimum Gasteiger partial charge on any atom is -0.510 e. The minimum atomic E-state index is -2.73. The maximum atomic E-state index is 15.4. The van der Waals surface area contributed by atoms with Crippen LogP contribution in [0.4, 0.5) is 15.8 Å². The summed E-state index contributed by atoms with van der Waals surface area (Å²) in [4.78, 5) is 85.9. The third kappa shape index (κ3) is 8.44. The number of carbonyl (C=O) groups excluding carboxylic acids is 5. The summed E-state index contributed by atoms with van der Waals surface area (Å²) < 4.78 is 28.6. The summed E-state index contributed by atoms with van der Waals surface area (Å²) in [5.41, 5.74) is 3.38. The van der Waals surface area contributed by atoms with E-state index in [0.29, 0.717) is 53.4 Å². The number of piperazine rings is 1. The summed E-state index contributed by atoms with van der Waals surface area (Å²) in [7, 11) is 6.76. The number of nitrogens with two attached hydrogens (primary N) is 1. The van der Waals surface area contributed by atoms with Crippen molar-refractivity contribution in [2.24, 2.45) is 17.6 Å². The van der Waals surface area contributed by atoms with Crippen LogP contribution in [0.15, 0.2) is 56.8 Å². The first kappa shape index (κ1) is 48.7. The van der Waals surface area contributed by atoms with Crippen molar-refractivity contribution in [2.45, 2.75) is 93.2 Å². The normalized spacial score (nSPS) is 23.2. The molecule has 0 spiro atoms. The summed E-state index contributed by atoms with van der Waals surface area (Å²) >= 11 is 1.41. The topological polar surface area (TPSA) is 234 Å². The van der Waals surface area contributed by atoms with Gasteiger partial charge in [0, 0.05) is 69.3 Å². The molecule has 2 aromatic carbocycles. The number of fused-ring (bicyclic) bond motifs is 6. The Labute approximate surface area is 397 Å². The number of halogens is 1. The number of hydrogen-bond donors (Lipinski definition) is 5. The Morgan fingerprint density at radius 1 is 0.985 bits per heavy atom. The van der Waals surface area contributed by atoms with E-state index in [0.717, 1.165) is 45.2 Å². The van der Waals surface area contributed by atoms with E-state index >= 15 is 4.39 Å². The van der Waals surface area contributed by atoms with E-state index in [2.05, 4.69) is 5.32 Å². The van der Waals surface area contributed by atoms with Crippen LogP contribution in [-0.4, -0.2) is 127 Å². The fraction of sp³-hybridized carbons (Fsp3) is 0.510. The maximum absolute atomic E-state index is 15.4. The largest absolute Gasteiger partial charge is 0.510 e. The number of ether oxygens (including phenoxy) is 2. The number of pyridine rings is 1. The number of carbonyl (C=O) groups is 5. The zero-order valence-corrected chi connectivity index (χ0v) is 39.8. The van der Waals surface area contributed by atoms with Crippen LogP contribution >= 0.6 is 11.8 Å². The number of thioether (sulfide) groups is 1. The molecule has 5 aliphatic rings. The number of aromatic nitrogens is 1. The highest BCUT2D eigenvalue weighted by Crippen LogP contribution is 2.53. The van der Waals surface area contributed by atoms with Gasteiger partial charge in [-0.3, -0.25) is 28.9 Å². The average molecular weight is 959 g/mol. The van der Waals surface area contributed by atoms with Gasteiger partial charge in [0.15, 0.2) is 11.4 Å². The van der Waals surface area contributed by atoms with Crippen LogP contribution in [0.1, 0.15) is 96.4 Å². The van der Waals surface area contributed by atoms with Gasteiger partial charge in [0.1, 0.15) is 34.2 Å². The molecular weight excluding hydrogens is 900 g/mol. The van der Waals surface area contributed by atoms with Gasteiger partial charge in [-0.05, 0) is 82.4 Å². The van der Waals surface area contributed by atoms with Gasteiger partial charge in [-0.1, -0.05) is 43.9 Å². The Balaban J connectivity index is 0.834. The van der Waals surface area contributed by atoms with E-state index in [1.54, 1.807) is 40.3 Å². The Kier molecular flexibility index (Phi) is 13.8. The van der Waals surface area contributed by atoms with Crippen molar-refractivity contribution in [1.82, 2.24) is 14.8 Å². The van der Waals surface area contributed by atoms with Crippen molar-refractivity contribution in [2.75, 3.05) is 70.8 Å². The molecule has 6 N–H and O–H groups in total. The molecule has 1 aromatic heterocycles. The van der Waals surface area contributed by atoms with Gasteiger partial charge in [-0.2, -0.15) is 0 Å². The third-order valence-corrected chi connectivity index (χ3v) is 15.2. The number of anilines is 2. The number of aliphatic hydroxyl groups excluding tert-OH is 2. The molecule has 2 aliphatic heterocycles. The second-order valence-corrected chi connectivity index (χ2v) is 20.1.